The second-order valence-corrected chi connectivity index (χ2v) is 9.34. The summed E-state index contributed by atoms with van der Waals surface area (Å²) >= 11 is 6.08. The van der Waals surface area contributed by atoms with E-state index in [1.807, 2.05) is 32.0 Å². The molecule has 0 aromatic heterocycles. The number of amides is 2. The molecular weight excluding hydrogens is 469 g/mol. The molecule has 0 atom stereocenters. The second kappa shape index (κ2) is 10.0. The molecule has 0 saturated heterocycles. The molecule has 2 amide bonds. The summed E-state index contributed by atoms with van der Waals surface area (Å²) in [5.74, 6) is -1.58. The Labute approximate surface area is 196 Å². The van der Waals surface area contributed by atoms with Crippen LogP contribution in [0.2, 0.25) is 5.02 Å². The Kier molecular flexibility index (Phi) is 7.35. The molecule has 0 heterocycles. The van der Waals surface area contributed by atoms with Crippen LogP contribution in [0, 0.1) is 19.7 Å². The van der Waals surface area contributed by atoms with Gasteiger partial charge in [-0.2, -0.15) is 0 Å². The quantitative estimate of drug-likeness (QED) is 0.461. The zero-order valence-electron chi connectivity index (χ0n) is 17.8. The Hall–Kier alpha value is -3.43. The number of halogens is 2. The molecule has 0 spiro atoms. The number of carbonyl (C=O) groups is 2. The van der Waals surface area contributed by atoms with Crippen molar-refractivity contribution in [2.75, 3.05) is 16.6 Å². The Morgan fingerprint density at radius 3 is 2.24 bits per heavy atom. The number of rotatable bonds is 7. The summed E-state index contributed by atoms with van der Waals surface area (Å²) in [6.45, 7) is 3.44. The standard InChI is InChI=1S/C23H21ClFN3O4S/c1-14-4-3-5-15(2)22(14)27-21(29)13-26-23(30)16-6-11-19(24)20(12-16)28-33(31,32)18-9-7-17(25)8-10-18/h3-12,28H,13H2,1-2H3,(H,26,30)(H,27,29). The van der Waals surface area contributed by atoms with Gasteiger partial charge in [-0.05, 0) is 67.4 Å². The predicted molar refractivity (Wildman–Crippen MR) is 126 cm³/mol. The number of sulfonamides is 1. The molecule has 0 unspecified atom stereocenters. The molecule has 0 fully saturated rings. The number of benzene rings is 3. The van der Waals surface area contributed by atoms with Gasteiger partial charge in [0, 0.05) is 11.3 Å². The van der Waals surface area contributed by atoms with Crippen molar-refractivity contribution >= 4 is 44.8 Å². The van der Waals surface area contributed by atoms with Crippen LogP contribution in [0.5, 0.6) is 0 Å². The van der Waals surface area contributed by atoms with E-state index in [4.69, 9.17) is 11.6 Å². The molecule has 10 heteroatoms. The first-order chi connectivity index (χ1) is 15.6. The summed E-state index contributed by atoms with van der Waals surface area (Å²) in [4.78, 5) is 24.6. The number of para-hydroxylation sites is 1. The summed E-state index contributed by atoms with van der Waals surface area (Å²) in [6.07, 6.45) is 0. The molecule has 172 valence electrons. The lowest BCUT2D eigenvalue weighted by Gasteiger charge is -2.13. The van der Waals surface area contributed by atoms with Crippen LogP contribution in [0.15, 0.2) is 65.6 Å². The highest BCUT2D eigenvalue weighted by atomic mass is 35.5. The van der Waals surface area contributed by atoms with Gasteiger partial charge in [-0.25, -0.2) is 12.8 Å². The molecule has 0 aliphatic rings. The van der Waals surface area contributed by atoms with Crippen LogP contribution >= 0.6 is 11.6 Å². The fourth-order valence-electron chi connectivity index (χ4n) is 3.02. The first-order valence-electron chi connectivity index (χ1n) is 9.79. The summed E-state index contributed by atoms with van der Waals surface area (Å²) in [5.41, 5.74) is 2.53. The topological polar surface area (TPSA) is 104 Å². The van der Waals surface area contributed by atoms with Gasteiger partial charge >= 0.3 is 0 Å². The van der Waals surface area contributed by atoms with E-state index in [0.29, 0.717) is 5.69 Å². The van der Waals surface area contributed by atoms with Crippen molar-refractivity contribution in [2.45, 2.75) is 18.7 Å². The number of nitrogens with one attached hydrogen (secondary N) is 3. The third-order valence-corrected chi connectivity index (χ3v) is 6.46. The largest absolute Gasteiger partial charge is 0.343 e. The summed E-state index contributed by atoms with van der Waals surface area (Å²) in [6, 6.07) is 13.9. The summed E-state index contributed by atoms with van der Waals surface area (Å²) in [5, 5.41) is 5.32. The SMILES string of the molecule is Cc1cccc(C)c1NC(=O)CNC(=O)c1ccc(Cl)c(NS(=O)(=O)c2ccc(F)cc2)c1. The summed E-state index contributed by atoms with van der Waals surface area (Å²) in [7, 11) is -4.06. The molecule has 7 nitrogen and oxygen atoms in total. The lowest BCUT2D eigenvalue weighted by atomic mass is 10.1. The number of hydrogen-bond donors (Lipinski definition) is 3. The van der Waals surface area contributed by atoms with Crippen LogP contribution in [-0.4, -0.2) is 26.8 Å². The maximum Gasteiger partial charge on any atom is 0.261 e. The highest BCUT2D eigenvalue weighted by Crippen LogP contribution is 2.26. The minimum Gasteiger partial charge on any atom is -0.343 e. The molecule has 0 radical (unpaired) electrons. The normalized spacial score (nSPS) is 11.0. The van der Waals surface area contributed by atoms with Gasteiger partial charge in [-0.3, -0.25) is 14.3 Å². The van der Waals surface area contributed by atoms with E-state index in [1.54, 1.807) is 0 Å². The highest BCUT2D eigenvalue weighted by molar-refractivity contribution is 7.92. The number of hydrogen-bond acceptors (Lipinski definition) is 4. The maximum atomic E-state index is 13.1. The van der Waals surface area contributed by atoms with Gasteiger partial charge in [0.15, 0.2) is 0 Å². The van der Waals surface area contributed by atoms with Gasteiger partial charge in [0.25, 0.3) is 15.9 Å². The average molecular weight is 490 g/mol. The third-order valence-electron chi connectivity index (χ3n) is 4.75. The predicted octanol–water partition coefficient (Wildman–Crippen LogP) is 4.27. The molecule has 0 aliphatic carbocycles. The van der Waals surface area contributed by atoms with E-state index in [1.165, 1.54) is 18.2 Å². The fourth-order valence-corrected chi connectivity index (χ4v) is 4.31. The molecule has 0 bridgehead atoms. The van der Waals surface area contributed by atoms with Crippen LogP contribution < -0.4 is 15.4 Å². The zero-order valence-corrected chi connectivity index (χ0v) is 19.4. The van der Waals surface area contributed by atoms with E-state index in [-0.39, 0.29) is 27.7 Å². The van der Waals surface area contributed by atoms with Gasteiger partial charge in [0.2, 0.25) is 5.91 Å². The molecule has 0 aliphatic heterocycles. The van der Waals surface area contributed by atoms with Crippen LogP contribution in [0.4, 0.5) is 15.8 Å². The molecule has 33 heavy (non-hydrogen) atoms. The van der Waals surface area contributed by atoms with Gasteiger partial charge in [0.1, 0.15) is 5.82 Å². The Bertz CT molecular complexity index is 1290. The number of anilines is 2. The fraction of sp³-hybridized carbons (Fsp3) is 0.130. The van der Waals surface area contributed by atoms with Crippen molar-refractivity contribution in [1.29, 1.82) is 0 Å². The lowest BCUT2D eigenvalue weighted by molar-refractivity contribution is -0.115. The van der Waals surface area contributed by atoms with Crippen molar-refractivity contribution in [3.63, 3.8) is 0 Å². The first kappa shape index (κ1) is 24.2. The van der Waals surface area contributed by atoms with E-state index in [2.05, 4.69) is 15.4 Å². The highest BCUT2D eigenvalue weighted by Gasteiger charge is 2.18. The monoisotopic (exact) mass is 489 g/mol. The molecule has 3 rings (SSSR count). The molecule has 3 aromatic carbocycles. The van der Waals surface area contributed by atoms with Gasteiger partial charge in [0.05, 0.1) is 22.2 Å². The van der Waals surface area contributed by atoms with E-state index >= 15 is 0 Å². The number of aryl methyl sites for hydroxylation is 2. The van der Waals surface area contributed by atoms with Crippen molar-refractivity contribution < 1.29 is 22.4 Å². The smallest absolute Gasteiger partial charge is 0.261 e. The maximum absolute atomic E-state index is 13.1. The van der Waals surface area contributed by atoms with Gasteiger partial charge in [-0.1, -0.05) is 29.8 Å². The second-order valence-electron chi connectivity index (χ2n) is 7.25. The van der Waals surface area contributed by atoms with Crippen LogP contribution in [0.3, 0.4) is 0 Å². The minimum atomic E-state index is -4.06. The van der Waals surface area contributed by atoms with Gasteiger partial charge in [-0.15, -0.1) is 0 Å². The Morgan fingerprint density at radius 2 is 1.61 bits per heavy atom. The Morgan fingerprint density at radius 1 is 0.970 bits per heavy atom. The van der Waals surface area contributed by atoms with Crippen molar-refractivity contribution in [3.05, 3.63) is 88.2 Å². The lowest BCUT2D eigenvalue weighted by Crippen LogP contribution is -2.33. The summed E-state index contributed by atoms with van der Waals surface area (Å²) < 4.78 is 40.5. The zero-order chi connectivity index (χ0) is 24.2. The van der Waals surface area contributed by atoms with E-state index in [9.17, 15) is 22.4 Å². The first-order valence-corrected chi connectivity index (χ1v) is 11.6. The van der Waals surface area contributed by atoms with Gasteiger partial charge < -0.3 is 10.6 Å². The Balaban J connectivity index is 1.69. The molecule has 3 N–H and O–H groups in total. The van der Waals surface area contributed by atoms with Crippen molar-refractivity contribution in [1.82, 2.24) is 5.32 Å². The van der Waals surface area contributed by atoms with Crippen molar-refractivity contribution in [3.8, 4) is 0 Å². The number of carbonyl (C=O) groups excluding carboxylic acids is 2. The third kappa shape index (κ3) is 6.09. The van der Waals surface area contributed by atoms with Crippen LogP contribution in [-0.2, 0) is 14.8 Å². The van der Waals surface area contributed by atoms with Crippen LogP contribution in [0.1, 0.15) is 21.5 Å². The van der Waals surface area contributed by atoms with E-state index in [0.717, 1.165) is 35.4 Å². The molecular formula is C23H21ClFN3O4S. The van der Waals surface area contributed by atoms with E-state index < -0.39 is 27.7 Å². The van der Waals surface area contributed by atoms with Crippen LogP contribution in [0.25, 0.3) is 0 Å². The molecule has 3 aromatic rings. The molecule has 0 saturated carbocycles. The minimum absolute atomic E-state index is 0.0337. The average Bonchev–Trinajstić information content (AvgIpc) is 2.76. The van der Waals surface area contributed by atoms with Crippen molar-refractivity contribution in [2.24, 2.45) is 0 Å².